The summed E-state index contributed by atoms with van der Waals surface area (Å²) in [4.78, 5) is 22.5. The number of imidazole rings is 1. The van der Waals surface area contributed by atoms with E-state index in [1.54, 1.807) is 11.2 Å². The SMILES string of the molecule is CS(=O)(=O)N[C@H]1CCCN2C(=O)COc3cc4nc[nH]c4cc3C3CCC(CC3)OC[C@@H]12. The number of rotatable bonds is 2. The first-order valence-corrected chi connectivity index (χ1v) is 13.2. The average molecular weight is 463 g/mol. The van der Waals surface area contributed by atoms with Crippen molar-refractivity contribution in [2.75, 3.05) is 26.0 Å². The first-order chi connectivity index (χ1) is 15.4. The molecule has 1 aliphatic carbocycles. The number of sulfonamides is 1. The summed E-state index contributed by atoms with van der Waals surface area (Å²) in [5.41, 5.74) is 2.89. The number of fused-ring (bicyclic) bond motifs is 6. The predicted molar refractivity (Wildman–Crippen MR) is 119 cm³/mol. The Hall–Kier alpha value is -2.17. The van der Waals surface area contributed by atoms with Gasteiger partial charge in [-0.1, -0.05) is 0 Å². The molecule has 1 saturated carbocycles. The molecule has 2 atom stereocenters. The first-order valence-electron chi connectivity index (χ1n) is 11.4. The molecule has 6 rings (SSSR count). The number of nitrogens with zero attached hydrogens (tertiary/aromatic N) is 2. The highest BCUT2D eigenvalue weighted by molar-refractivity contribution is 7.88. The molecule has 10 heteroatoms. The number of piperidine rings is 1. The highest BCUT2D eigenvalue weighted by Gasteiger charge is 2.37. The van der Waals surface area contributed by atoms with Crippen LogP contribution in [0.3, 0.4) is 0 Å². The number of hydrogen-bond donors (Lipinski definition) is 2. The van der Waals surface area contributed by atoms with Gasteiger partial charge in [0.25, 0.3) is 5.91 Å². The zero-order valence-electron chi connectivity index (χ0n) is 18.2. The minimum atomic E-state index is -3.40. The number of amides is 1. The van der Waals surface area contributed by atoms with Crippen molar-refractivity contribution in [1.82, 2.24) is 19.6 Å². The highest BCUT2D eigenvalue weighted by atomic mass is 32.2. The van der Waals surface area contributed by atoms with Crippen LogP contribution in [-0.2, 0) is 19.6 Å². The quantitative estimate of drug-likeness (QED) is 0.705. The molecule has 3 aliphatic heterocycles. The van der Waals surface area contributed by atoms with Crippen LogP contribution in [0.15, 0.2) is 18.5 Å². The van der Waals surface area contributed by atoms with Gasteiger partial charge in [0, 0.05) is 18.7 Å². The molecule has 0 radical (unpaired) electrons. The number of carbonyl (C=O) groups excluding carboxylic acids is 1. The third kappa shape index (κ3) is 4.49. The number of ether oxygens (including phenoxy) is 2. The number of hydrogen-bond acceptors (Lipinski definition) is 6. The Kier molecular flexibility index (Phi) is 5.85. The molecule has 1 aromatic heterocycles. The minimum absolute atomic E-state index is 0.0961. The molecular formula is C22H30N4O5S. The van der Waals surface area contributed by atoms with Gasteiger partial charge in [-0.15, -0.1) is 0 Å². The van der Waals surface area contributed by atoms with Gasteiger partial charge in [0.15, 0.2) is 6.61 Å². The topological polar surface area (TPSA) is 114 Å². The fourth-order valence-corrected chi connectivity index (χ4v) is 6.23. The Morgan fingerprint density at radius 2 is 2.00 bits per heavy atom. The van der Waals surface area contributed by atoms with Gasteiger partial charge in [0.1, 0.15) is 5.75 Å². The van der Waals surface area contributed by atoms with E-state index in [0.29, 0.717) is 31.2 Å². The van der Waals surface area contributed by atoms with Gasteiger partial charge in [-0.25, -0.2) is 18.1 Å². The largest absolute Gasteiger partial charge is 0.483 e. The number of aromatic amines is 1. The molecule has 1 amide bonds. The van der Waals surface area contributed by atoms with Crippen LogP contribution in [0.1, 0.15) is 50.0 Å². The molecular weight excluding hydrogens is 432 g/mol. The Morgan fingerprint density at radius 3 is 2.78 bits per heavy atom. The van der Waals surface area contributed by atoms with Crippen LogP contribution in [0.25, 0.3) is 11.0 Å². The van der Waals surface area contributed by atoms with Crippen LogP contribution in [0.2, 0.25) is 0 Å². The summed E-state index contributed by atoms with van der Waals surface area (Å²) in [6, 6.07) is 3.31. The maximum Gasteiger partial charge on any atom is 0.260 e. The van der Waals surface area contributed by atoms with Crippen molar-refractivity contribution in [2.24, 2.45) is 0 Å². The van der Waals surface area contributed by atoms with Crippen molar-refractivity contribution in [3.05, 3.63) is 24.0 Å². The molecule has 4 heterocycles. The molecule has 0 unspecified atom stereocenters. The van der Waals surface area contributed by atoms with Gasteiger partial charge < -0.3 is 19.4 Å². The molecule has 0 spiro atoms. The van der Waals surface area contributed by atoms with Gasteiger partial charge >= 0.3 is 0 Å². The van der Waals surface area contributed by atoms with Crippen molar-refractivity contribution >= 4 is 27.0 Å². The van der Waals surface area contributed by atoms with Crippen LogP contribution < -0.4 is 9.46 Å². The summed E-state index contributed by atoms with van der Waals surface area (Å²) in [5.74, 6) is 0.898. The van der Waals surface area contributed by atoms with Gasteiger partial charge in [0.05, 0.1) is 42.4 Å². The maximum absolute atomic E-state index is 13.2. The first kappa shape index (κ1) is 21.7. The molecule has 2 bridgehead atoms. The monoisotopic (exact) mass is 462 g/mol. The van der Waals surface area contributed by atoms with Gasteiger partial charge in [-0.3, -0.25) is 4.79 Å². The number of H-pyrrole nitrogens is 1. The lowest BCUT2D eigenvalue weighted by atomic mass is 9.82. The molecule has 2 fully saturated rings. The van der Waals surface area contributed by atoms with Crippen LogP contribution in [0.4, 0.5) is 0 Å². The molecule has 4 aliphatic rings. The van der Waals surface area contributed by atoms with Gasteiger partial charge in [-0.2, -0.15) is 0 Å². The van der Waals surface area contributed by atoms with E-state index in [1.165, 1.54) is 0 Å². The van der Waals surface area contributed by atoms with Gasteiger partial charge in [-0.05, 0) is 56.1 Å². The summed E-state index contributed by atoms with van der Waals surface area (Å²) in [7, 11) is -3.40. The summed E-state index contributed by atoms with van der Waals surface area (Å²) < 4.78 is 39.0. The van der Waals surface area contributed by atoms with E-state index in [9.17, 15) is 13.2 Å². The number of benzene rings is 1. The molecule has 2 aromatic rings. The van der Waals surface area contributed by atoms with Crippen LogP contribution >= 0.6 is 0 Å². The number of carbonyl (C=O) groups is 1. The second kappa shape index (κ2) is 8.64. The smallest absolute Gasteiger partial charge is 0.260 e. The summed E-state index contributed by atoms with van der Waals surface area (Å²) in [6.45, 7) is 0.798. The predicted octanol–water partition coefficient (Wildman–Crippen LogP) is 1.91. The van der Waals surface area contributed by atoms with Crippen molar-refractivity contribution in [3.63, 3.8) is 0 Å². The van der Waals surface area contributed by atoms with E-state index in [4.69, 9.17) is 9.47 Å². The van der Waals surface area contributed by atoms with Gasteiger partial charge in [0.2, 0.25) is 10.0 Å². The van der Waals surface area contributed by atoms with Crippen molar-refractivity contribution in [2.45, 2.75) is 62.6 Å². The lowest BCUT2D eigenvalue weighted by Gasteiger charge is -2.41. The van der Waals surface area contributed by atoms with E-state index in [0.717, 1.165) is 55.0 Å². The van der Waals surface area contributed by atoms with E-state index in [1.807, 2.05) is 6.07 Å². The normalized spacial score (nSPS) is 29.4. The zero-order valence-corrected chi connectivity index (χ0v) is 19.1. The Bertz CT molecular complexity index is 1090. The Balaban J connectivity index is 1.47. The van der Waals surface area contributed by atoms with E-state index < -0.39 is 10.0 Å². The van der Waals surface area contributed by atoms with Crippen LogP contribution in [0.5, 0.6) is 5.75 Å². The highest BCUT2D eigenvalue weighted by Crippen LogP contribution is 2.40. The van der Waals surface area contributed by atoms with Crippen LogP contribution in [-0.4, -0.2) is 73.4 Å². The second-order valence-electron chi connectivity index (χ2n) is 9.20. The minimum Gasteiger partial charge on any atom is -0.483 e. The van der Waals surface area contributed by atoms with Crippen LogP contribution in [0, 0.1) is 0 Å². The lowest BCUT2D eigenvalue weighted by molar-refractivity contribution is -0.140. The molecule has 174 valence electrons. The van der Waals surface area contributed by atoms with E-state index in [2.05, 4.69) is 20.8 Å². The average Bonchev–Trinajstić information content (AvgIpc) is 3.22. The van der Waals surface area contributed by atoms with E-state index in [-0.39, 0.29) is 30.7 Å². The Morgan fingerprint density at radius 1 is 1.19 bits per heavy atom. The van der Waals surface area contributed by atoms with Crippen molar-refractivity contribution < 1.29 is 22.7 Å². The molecule has 2 N–H and O–H groups in total. The fraction of sp³-hybridized carbons (Fsp3) is 0.636. The summed E-state index contributed by atoms with van der Waals surface area (Å²) in [5, 5.41) is 0. The third-order valence-electron chi connectivity index (χ3n) is 6.98. The second-order valence-corrected chi connectivity index (χ2v) is 11.0. The third-order valence-corrected chi connectivity index (χ3v) is 7.72. The zero-order chi connectivity index (χ0) is 22.3. The Labute approximate surface area is 187 Å². The maximum atomic E-state index is 13.2. The fourth-order valence-electron chi connectivity index (χ4n) is 5.41. The lowest BCUT2D eigenvalue weighted by Crippen LogP contribution is -2.59. The van der Waals surface area contributed by atoms with Crippen molar-refractivity contribution in [1.29, 1.82) is 0 Å². The van der Waals surface area contributed by atoms with Crippen molar-refractivity contribution in [3.8, 4) is 5.75 Å². The van der Waals surface area contributed by atoms with E-state index >= 15 is 0 Å². The summed E-state index contributed by atoms with van der Waals surface area (Å²) in [6.07, 6.45) is 8.16. The number of nitrogens with one attached hydrogen (secondary N) is 2. The molecule has 1 saturated heterocycles. The number of aromatic nitrogens is 2. The summed E-state index contributed by atoms with van der Waals surface area (Å²) >= 11 is 0. The standard InChI is InChI=1S/C22H30N4O5S/c1-32(28,29)25-17-3-2-8-26-20(17)11-30-15-6-4-14(5-7-15)16-9-18-19(24-13-23-18)10-21(16)31-12-22(26)27/h9-10,13-15,17,20,25H,2-8,11-12H2,1H3,(H,23,24)/t14?,15?,17-,20-/m0/s1. The molecule has 1 aromatic carbocycles. The molecule has 32 heavy (non-hydrogen) atoms. The molecule has 9 nitrogen and oxygen atoms in total.